The molecule has 3 aromatic rings. The molecule has 43 heavy (non-hydrogen) atoms. The molecule has 0 saturated carbocycles. The number of carboxylic acids is 1. The van der Waals surface area contributed by atoms with Crippen LogP contribution < -0.4 is 10.6 Å². The maximum absolute atomic E-state index is 13.2. The van der Waals surface area contributed by atoms with Crippen LogP contribution in [-0.2, 0) is 27.3 Å². The second-order valence-corrected chi connectivity index (χ2v) is 12.4. The Bertz CT molecular complexity index is 1330. The van der Waals surface area contributed by atoms with Crippen molar-refractivity contribution < 1.29 is 24.6 Å². The van der Waals surface area contributed by atoms with Gasteiger partial charge in [-0.3, -0.25) is 14.5 Å². The molecule has 2 atom stereocenters. The van der Waals surface area contributed by atoms with Gasteiger partial charge in [0.1, 0.15) is 11.8 Å². The van der Waals surface area contributed by atoms with Crippen LogP contribution in [0, 0.1) is 5.92 Å². The minimum atomic E-state index is -1.04. The lowest BCUT2D eigenvalue weighted by Crippen LogP contribution is -2.49. The third-order valence-corrected chi connectivity index (χ3v) is 7.93. The van der Waals surface area contributed by atoms with Gasteiger partial charge in [-0.15, -0.1) is 0 Å². The summed E-state index contributed by atoms with van der Waals surface area (Å²) < 4.78 is 0. The quantitative estimate of drug-likeness (QED) is 0.157. The highest BCUT2D eigenvalue weighted by Gasteiger charge is 2.24. The van der Waals surface area contributed by atoms with Crippen LogP contribution in [0.15, 0.2) is 66.7 Å². The molecule has 0 aliphatic rings. The fraction of sp³-hybridized carbons (Fsp3) is 0.441. The van der Waals surface area contributed by atoms with Gasteiger partial charge >= 0.3 is 5.97 Å². The van der Waals surface area contributed by atoms with Crippen molar-refractivity contribution in [2.75, 3.05) is 25.1 Å². The summed E-state index contributed by atoms with van der Waals surface area (Å²) in [6.45, 7) is 5.14. The van der Waals surface area contributed by atoms with Gasteiger partial charge in [0.25, 0.3) is 0 Å². The minimum absolute atomic E-state index is 0.0115. The molecule has 0 saturated heterocycles. The highest BCUT2D eigenvalue weighted by molar-refractivity contribution is 7.98. The smallest absolute Gasteiger partial charge is 0.326 e. The van der Waals surface area contributed by atoms with Gasteiger partial charge in [-0.2, -0.15) is 11.8 Å². The molecule has 3 aromatic carbocycles. The van der Waals surface area contributed by atoms with Crippen molar-refractivity contribution in [1.29, 1.82) is 0 Å². The zero-order valence-corrected chi connectivity index (χ0v) is 26.2. The van der Waals surface area contributed by atoms with Crippen LogP contribution in [0.4, 0.5) is 0 Å². The van der Waals surface area contributed by atoms with Crippen LogP contribution in [0.1, 0.15) is 50.7 Å². The number of aromatic hydroxyl groups is 1. The Hall–Kier alpha value is -3.56. The number of aryl methyl sites for hydroxylation is 1. The van der Waals surface area contributed by atoms with E-state index < -0.39 is 12.0 Å². The maximum Gasteiger partial charge on any atom is 0.326 e. The second kappa shape index (κ2) is 17.5. The number of phenols is 1. The van der Waals surface area contributed by atoms with Crippen molar-refractivity contribution in [3.8, 4) is 5.75 Å². The lowest BCUT2D eigenvalue weighted by molar-refractivity contribution is -0.142. The minimum Gasteiger partial charge on any atom is -0.508 e. The van der Waals surface area contributed by atoms with Crippen LogP contribution in [0.2, 0.25) is 0 Å². The van der Waals surface area contributed by atoms with Gasteiger partial charge in [-0.05, 0) is 77.6 Å². The lowest BCUT2D eigenvalue weighted by Gasteiger charge is -2.29. The summed E-state index contributed by atoms with van der Waals surface area (Å²) in [6, 6.07) is 20.1. The molecule has 0 bridgehead atoms. The van der Waals surface area contributed by atoms with Crippen LogP contribution in [-0.4, -0.2) is 70.1 Å². The lowest BCUT2D eigenvalue weighted by atomic mass is 10.0. The molecule has 0 aromatic heterocycles. The largest absolute Gasteiger partial charge is 0.508 e. The molecule has 2 amide bonds. The van der Waals surface area contributed by atoms with Crippen molar-refractivity contribution >= 4 is 40.3 Å². The third kappa shape index (κ3) is 11.9. The van der Waals surface area contributed by atoms with E-state index in [1.165, 1.54) is 0 Å². The number of carboxylic acid groups (broad SMARTS) is 1. The van der Waals surface area contributed by atoms with Crippen molar-refractivity contribution in [2.45, 2.75) is 64.6 Å². The first-order chi connectivity index (χ1) is 20.6. The van der Waals surface area contributed by atoms with E-state index in [0.717, 1.165) is 34.7 Å². The predicted octanol–water partition coefficient (Wildman–Crippen LogP) is 5.22. The normalized spacial score (nSPS) is 12.8. The number of aliphatic carboxylic acids is 1. The average molecular weight is 608 g/mol. The number of carbonyl (C=O) groups excluding carboxylic acids is 2. The molecule has 0 aliphatic carbocycles. The SMILES string of the molecule is CSCC[C@H](NC(=O)CN(Cc1cccc2ccccc12)C[C@H](CC(C)C)NC(=O)CCCc1ccc(O)cc1)C(=O)O. The fourth-order valence-corrected chi connectivity index (χ4v) is 5.74. The van der Waals surface area contributed by atoms with E-state index in [2.05, 4.69) is 42.7 Å². The van der Waals surface area contributed by atoms with E-state index in [9.17, 15) is 24.6 Å². The van der Waals surface area contributed by atoms with Gasteiger partial charge in [0.15, 0.2) is 0 Å². The van der Waals surface area contributed by atoms with Crippen molar-refractivity contribution in [1.82, 2.24) is 15.5 Å². The maximum atomic E-state index is 13.2. The fourth-order valence-electron chi connectivity index (χ4n) is 5.27. The third-order valence-electron chi connectivity index (χ3n) is 7.29. The molecule has 0 spiro atoms. The molecule has 3 rings (SSSR count). The zero-order chi connectivity index (χ0) is 31.2. The van der Waals surface area contributed by atoms with Crippen LogP contribution in [0.25, 0.3) is 10.8 Å². The molecule has 8 nitrogen and oxygen atoms in total. The van der Waals surface area contributed by atoms with Crippen molar-refractivity contribution in [2.24, 2.45) is 5.92 Å². The van der Waals surface area contributed by atoms with Gasteiger partial charge in [0, 0.05) is 25.6 Å². The second-order valence-electron chi connectivity index (χ2n) is 11.5. The number of hydrogen-bond acceptors (Lipinski definition) is 6. The first kappa shape index (κ1) is 33.9. The van der Waals surface area contributed by atoms with Gasteiger partial charge < -0.3 is 20.8 Å². The number of thioether (sulfide) groups is 1. The molecular weight excluding hydrogens is 562 g/mol. The number of phenolic OH excluding ortho intramolecular Hbond substituents is 1. The summed E-state index contributed by atoms with van der Waals surface area (Å²) in [6.07, 6.45) is 4.78. The number of rotatable bonds is 18. The number of nitrogens with one attached hydrogen (secondary N) is 2. The number of amides is 2. The number of carbonyl (C=O) groups is 3. The first-order valence-corrected chi connectivity index (χ1v) is 16.3. The summed E-state index contributed by atoms with van der Waals surface area (Å²) in [4.78, 5) is 40.0. The summed E-state index contributed by atoms with van der Waals surface area (Å²) >= 11 is 1.54. The molecule has 0 heterocycles. The molecule has 9 heteroatoms. The highest BCUT2D eigenvalue weighted by Crippen LogP contribution is 2.21. The van der Waals surface area contributed by atoms with Crippen LogP contribution in [0.5, 0.6) is 5.75 Å². The molecule has 0 fully saturated rings. The Morgan fingerprint density at radius 2 is 1.65 bits per heavy atom. The van der Waals surface area contributed by atoms with E-state index in [1.54, 1.807) is 23.9 Å². The van der Waals surface area contributed by atoms with Crippen molar-refractivity contribution in [3.63, 3.8) is 0 Å². The molecule has 0 unspecified atom stereocenters. The molecular formula is C34H45N3O5S. The number of hydrogen-bond donors (Lipinski definition) is 4. The number of benzene rings is 3. The van der Waals surface area contributed by atoms with Gasteiger partial charge in [0.2, 0.25) is 11.8 Å². The first-order valence-electron chi connectivity index (χ1n) is 14.9. The van der Waals surface area contributed by atoms with Crippen LogP contribution >= 0.6 is 11.8 Å². The average Bonchev–Trinajstić information content (AvgIpc) is 2.96. The Labute approximate surface area is 259 Å². The summed E-state index contributed by atoms with van der Waals surface area (Å²) in [5, 5.41) is 27.3. The predicted molar refractivity (Wildman–Crippen MR) is 174 cm³/mol. The Balaban J connectivity index is 1.73. The Kier molecular flexibility index (Phi) is 13.8. The van der Waals surface area contributed by atoms with E-state index in [4.69, 9.17) is 0 Å². The van der Waals surface area contributed by atoms with E-state index >= 15 is 0 Å². The van der Waals surface area contributed by atoms with E-state index in [-0.39, 0.29) is 30.2 Å². The molecule has 0 aliphatic heterocycles. The van der Waals surface area contributed by atoms with E-state index in [0.29, 0.717) is 44.0 Å². The van der Waals surface area contributed by atoms with Gasteiger partial charge in [0.05, 0.1) is 6.54 Å². The number of fused-ring (bicyclic) bond motifs is 1. The van der Waals surface area contributed by atoms with E-state index in [1.807, 2.05) is 47.6 Å². The highest BCUT2D eigenvalue weighted by atomic mass is 32.2. The molecule has 4 N–H and O–H groups in total. The monoisotopic (exact) mass is 607 g/mol. The summed E-state index contributed by atoms with van der Waals surface area (Å²) in [5.74, 6) is -0.261. The number of nitrogens with zero attached hydrogens (tertiary/aromatic N) is 1. The summed E-state index contributed by atoms with van der Waals surface area (Å²) in [5.41, 5.74) is 2.13. The molecule has 0 radical (unpaired) electrons. The van der Waals surface area contributed by atoms with Crippen LogP contribution in [0.3, 0.4) is 0 Å². The van der Waals surface area contributed by atoms with Gasteiger partial charge in [-0.1, -0.05) is 68.4 Å². The Morgan fingerprint density at radius 1 is 0.930 bits per heavy atom. The Morgan fingerprint density at radius 3 is 2.35 bits per heavy atom. The summed E-state index contributed by atoms with van der Waals surface area (Å²) in [7, 11) is 0. The topological polar surface area (TPSA) is 119 Å². The van der Waals surface area contributed by atoms with Crippen molar-refractivity contribution in [3.05, 3.63) is 77.9 Å². The molecule has 232 valence electrons. The standard InChI is InChI=1S/C34H45N3O5S/c1-24(2)20-28(35-32(39)13-6-8-25-14-16-29(38)17-15-25)22-37(23-33(40)36-31(34(41)42)18-19-43-3)21-27-11-7-10-26-9-4-5-12-30(26)27/h4-5,7,9-12,14-17,24,28,31,38H,6,8,13,18-23H2,1-3H3,(H,35,39)(H,36,40)(H,41,42)/t28-,31-/m0/s1. The van der Waals surface area contributed by atoms with Gasteiger partial charge in [-0.25, -0.2) is 4.79 Å². The zero-order valence-electron chi connectivity index (χ0n) is 25.4.